The van der Waals surface area contributed by atoms with Crippen LogP contribution in [0.3, 0.4) is 0 Å². The zero-order valence-electron chi connectivity index (χ0n) is 9.84. The monoisotopic (exact) mass is 226 g/mol. The number of nitrogens with two attached hydrogens (primary N) is 1. The fraction of sp³-hybridized carbons (Fsp3) is 0.917. The standard InChI is InChI=1S/C12H22N2O2/c13-12(5-1-2-6-12)9-16-8-11(15)14-7-10-3-4-10/h10H,1-9,13H2,(H,14,15). The second kappa shape index (κ2) is 5.15. The molecule has 0 unspecified atom stereocenters. The zero-order chi connectivity index (χ0) is 11.4. The van der Waals surface area contributed by atoms with Crippen molar-refractivity contribution in [3.8, 4) is 0 Å². The van der Waals surface area contributed by atoms with Crippen LogP contribution >= 0.6 is 0 Å². The maximum atomic E-state index is 11.4. The molecule has 2 saturated carbocycles. The number of hydrogen-bond acceptors (Lipinski definition) is 3. The second-order valence-electron chi connectivity index (χ2n) is 5.31. The zero-order valence-corrected chi connectivity index (χ0v) is 9.84. The van der Waals surface area contributed by atoms with Gasteiger partial charge >= 0.3 is 0 Å². The summed E-state index contributed by atoms with van der Waals surface area (Å²) >= 11 is 0. The Balaban J connectivity index is 1.54. The summed E-state index contributed by atoms with van der Waals surface area (Å²) in [6.07, 6.45) is 6.94. The van der Waals surface area contributed by atoms with Crippen molar-refractivity contribution in [1.82, 2.24) is 5.32 Å². The van der Waals surface area contributed by atoms with Gasteiger partial charge in [-0.2, -0.15) is 0 Å². The first kappa shape index (κ1) is 11.9. The Labute approximate surface area is 96.9 Å². The van der Waals surface area contributed by atoms with Crippen molar-refractivity contribution >= 4 is 5.91 Å². The van der Waals surface area contributed by atoms with E-state index in [1.807, 2.05) is 0 Å². The quantitative estimate of drug-likeness (QED) is 0.704. The molecular weight excluding hydrogens is 204 g/mol. The third-order valence-electron chi connectivity index (χ3n) is 3.51. The van der Waals surface area contributed by atoms with E-state index >= 15 is 0 Å². The first-order chi connectivity index (χ1) is 7.68. The number of carbonyl (C=O) groups excluding carboxylic acids is 1. The molecule has 0 radical (unpaired) electrons. The molecule has 0 atom stereocenters. The largest absolute Gasteiger partial charge is 0.370 e. The maximum Gasteiger partial charge on any atom is 0.246 e. The van der Waals surface area contributed by atoms with Gasteiger partial charge in [0.15, 0.2) is 0 Å². The van der Waals surface area contributed by atoms with E-state index < -0.39 is 0 Å². The fourth-order valence-electron chi connectivity index (χ4n) is 2.20. The van der Waals surface area contributed by atoms with Gasteiger partial charge < -0.3 is 15.8 Å². The lowest BCUT2D eigenvalue weighted by molar-refractivity contribution is -0.126. The smallest absolute Gasteiger partial charge is 0.246 e. The summed E-state index contributed by atoms with van der Waals surface area (Å²) in [5.74, 6) is 0.716. The average Bonchev–Trinajstić information content (AvgIpc) is 2.99. The lowest BCUT2D eigenvalue weighted by Gasteiger charge is -2.22. The molecule has 0 saturated heterocycles. The van der Waals surface area contributed by atoms with Crippen LogP contribution in [-0.4, -0.2) is 31.2 Å². The molecule has 2 aliphatic carbocycles. The van der Waals surface area contributed by atoms with Gasteiger partial charge in [0.2, 0.25) is 5.91 Å². The van der Waals surface area contributed by atoms with Gasteiger partial charge in [0, 0.05) is 12.1 Å². The van der Waals surface area contributed by atoms with Crippen molar-refractivity contribution in [2.75, 3.05) is 19.8 Å². The molecular formula is C12H22N2O2. The highest BCUT2D eigenvalue weighted by atomic mass is 16.5. The molecule has 0 spiro atoms. The van der Waals surface area contributed by atoms with E-state index in [-0.39, 0.29) is 18.1 Å². The summed E-state index contributed by atoms with van der Waals surface area (Å²) in [6, 6.07) is 0. The van der Waals surface area contributed by atoms with Crippen LogP contribution in [0.4, 0.5) is 0 Å². The molecule has 4 heteroatoms. The predicted octanol–water partition coefficient (Wildman–Crippen LogP) is 0.801. The van der Waals surface area contributed by atoms with Crippen LogP contribution in [0.5, 0.6) is 0 Å². The minimum Gasteiger partial charge on any atom is -0.370 e. The number of ether oxygens (including phenoxy) is 1. The fourth-order valence-corrected chi connectivity index (χ4v) is 2.20. The maximum absolute atomic E-state index is 11.4. The van der Waals surface area contributed by atoms with Gasteiger partial charge in [0.05, 0.1) is 6.61 Å². The Bertz CT molecular complexity index is 245. The molecule has 0 aliphatic heterocycles. The molecule has 0 aromatic heterocycles. The van der Waals surface area contributed by atoms with Gasteiger partial charge in [-0.15, -0.1) is 0 Å². The van der Waals surface area contributed by atoms with Gasteiger partial charge in [-0.1, -0.05) is 12.8 Å². The lowest BCUT2D eigenvalue weighted by atomic mass is 10.0. The summed E-state index contributed by atoms with van der Waals surface area (Å²) in [6.45, 7) is 1.49. The van der Waals surface area contributed by atoms with E-state index in [2.05, 4.69) is 5.32 Å². The van der Waals surface area contributed by atoms with Gasteiger partial charge in [0.1, 0.15) is 6.61 Å². The van der Waals surface area contributed by atoms with Crippen molar-refractivity contribution in [2.24, 2.45) is 11.7 Å². The van der Waals surface area contributed by atoms with Crippen molar-refractivity contribution < 1.29 is 9.53 Å². The van der Waals surface area contributed by atoms with Gasteiger partial charge in [-0.05, 0) is 31.6 Å². The third kappa shape index (κ3) is 3.76. The summed E-state index contributed by atoms with van der Waals surface area (Å²) in [5, 5.41) is 2.88. The van der Waals surface area contributed by atoms with Crippen LogP contribution in [0.2, 0.25) is 0 Å². The van der Waals surface area contributed by atoms with Gasteiger partial charge in [0.25, 0.3) is 0 Å². The molecule has 0 aromatic rings. The molecule has 2 rings (SSSR count). The highest BCUT2D eigenvalue weighted by molar-refractivity contribution is 5.77. The molecule has 2 fully saturated rings. The minimum atomic E-state index is -0.170. The first-order valence-electron chi connectivity index (χ1n) is 6.31. The van der Waals surface area contributed by atoms with Gasteiger partial charge in [-0.25, -0.2) is 0 Å². The van der Waals surface area contributed by atoms with Crippen LogP contribution in [0.15, 0.2) is 0 Å². The minimum absolute atomic E-state index is 0.00602. The molecule has 0 heterocycles. The number of carbonyl (C=O) groups is 1. The van der Waals surface area contributed by atoms with E-state index in [4.69, 9.17) is 10.5 Å². The number of rotatable bonds is 6. The highest BCUT2D eigenvalue weighted by Crippen LogP contribution is 2.28. The van der Waals surface area contributed by atoms with E-state index in [1.165, 1.54) is 25.7 Å². The number of hydrogen-bond donors (Lipinski definition) is 2. The molecule has 2 aliphatic rings. The number of nitrogens with one attached hydrogen (secondary N) is 1. The normalized spacial score (nSPS) is 23.3. The van der Waals surface area contributed by atoms with E-state index in [0.717, 1.165) is 25.3 Å². The Morgan fingerprint density at radius 2 is 2.06 bits per heavy atom. The number of amides is 1. The van der Waals surface area contributed by atoms with E-state index in [0.29, 0.717) is 6.61 Å². The first-order valence-corrected chi connectivity index (χ1v) is 6.31. The van der Waals surface area contributed by atoms with Crippen molar-refractivity contribution in [2.45, 2.75) is 44.1 Å². The summed E-state index contributed by atoms with van der Waals surface area (Å²) in [4.78, 5) is 11.4. The lowest BCUT2D eigenvalue weighted by Crippen LogP contribution is -2.42. The van der Waals surface area contributed by atoms with Crippen LogP contribution in [-0.2, 0) is 9.53 Å². The Morgan fingerprint density at radius 3 is 2.69 bits per heavy atom. The molecule has 16 heavy (non-hydrogen) atoms. The summed E-state index contributed by atoms with van der Waals surface area (Å²) in [7, 11) is 0. The molecule has 3 N–H and O–H groups in total. The Morgan fingerprint density at radius 1 is 1.38 bits per heavy atom. The SMILES string of the molecule is NC1(COCC(=O)NCC2CC2)CCCC1. The molecule has 0 bridgehead atoms. The van der Waals surface area contributed by atoms with E-state index in [1.54, 1.807) is 0 Å². The van der Waals surface area contributed by atoms with Crippen LogP contribution in [0.1, 0.15) is 38.5 Å². The average molecular weight is 226 g/mol. The third-order valence-corrected chi connectivity index (χ3v) is 3.51. The highest BCUT2D eigenvalue weighted by Gasteiger charge is 2.29. The van der Waals surface area contributed by atoms with E-state index in [9.17, 15) is 4.79 Å². The Hall–Kier alpha value is -0.610. The molecule has 1 amide bonds. The molecule has 4 nitrogen and oxygen atoms in total. The van der Waals surface area contributed by atoms with Crippen molar-refractivity contribution in [3.05, 3.63) is 0 Å². The second-order valence-corrected chi connectivity index (χ2v) is 5.31. The van der Waals surface area contributed by atoms with Crippen LogP contribution < -0.4 is 11.1 Å². The van der Waals surface area contributed by atoms with Crippen molar-refractivity contribution in [1.29, 1.82) is 0 Å². The van der Waals surface area contributed by atoms with Crippen LogP contribution in [0.25, 0.3) is 0 Å². The molecule has 92 valence electrons. The van der Waals surface area contributed by atoms with Crippen molar-refractivity contribution in [3.63, 3.8) is 0 Å². The Kier molecular flexibility index (Phi) is 3.82. The topological polar surface area (TPSA) is 64.3 Å². The van der Waals surface area contributed by atoms with Crippen LogP contribution in [0, 0.1) is 5.92 Å². The molecule has 0 aromatic carbocycles. The summed E-state index contributed by atoms with van der Waals surface area (Å²) < 4.78 is 5.40. The summed E-state index contributed by atoms with van der Waals surface area (Å²) in [5.41, 5.74) is 5.95. The predicted molar refractivity (Wildman–Crippen MR) is 61.9 cm³/mol. The van der Waals surface area contributed by atoms with Gasteiger partial charge in [-0.3, -0.25) is 4.79 Å².